The van der Waals surface area contributed by atoms with Gasteiger partial charge in [-0.15, -0.1) is 0 Å². The molecule has 4 N–H and O–H groups in total. The number of hydrogen-bond acceptors (Lipinski definition) is 9. The molecule has 0 radical (unpaired) electrons. The van der Waals surface area contributed by atoms with E-state index >= 15 is 0 Å². The minimum atomic E-state index is -0.499. The highest BCUT2D eigenvalue weighted by Gasteiger charge is 2.27. The van der Waals surface area contributed by atoms with Gasteiger partial charge in [-0.1, -0.05) is 18.2 Å². The third kappa shape index (κ3) is 8.24. The predicted molar refractivity (Wildman–Crippen MR) is 201 cm³/mol. The van der Waals surface area contributed by atoms with Gasteiger partial charge in [0.25, 0.3) is 11.8 Å². The molecule has 15 heteroatoms. The van der Waals surface area contributed by atoms with Gasteiger partial charge in [-0.3, -0.25) is 24.2 Å². The zero-order valence-corrected chi connectivity index (χ0v) is 30.2. The van der Waals surface area contributed by atoms with Crippen molar-refractivity contribution in [2.45, 2.75) is 45.3 Å². The fourth-order valence-corrected chi connectivity index (χ4v) is 6.45. The second kappa shape index (κ2) is 15.5. The first-order chi connectivity index (χ1) is 25.4. The first-order valence-corrected chi connectivity index (χ1v) is 17.1. The molecule has 2 aliphatic rings. The predicted octanol–water partition coefficient (Wildman–Crippen LogP) is 4.35. The summed E-state index contributed by atoms with van der Waals surface area (Å²) in [5.74, 6) is 0.364. The summed E-state index contributed by atoms with van der Waals surface area (Å²) >= 11 is 0. The van der Waals surface area contributed by atoms with Crippen LogP contribution in [0.3, 0.4) is 0 Å². The summed E-state index contributed by atoms with van der Waals surface area (Å²) in [7, 11) is 4.95. The molecule has 2 aromatic carbocycles. The van der Waals surface area contributed by atoms with E-state index in [2.05, 4.69) is 27.2 Å². The number of likely N-dealkylation sites (tertiary alicyclic amines) is 1. The lowest BCUT2D eigenvalue weighted by Crippen LogP contribution is -2.28. The maximum atomic E-state index is 13.3. The molecule has 4 aromatic rings. The lowest BCUT2D eigenvalue weighted by atomic mass is 10.1. The van der Waals surface area contributed by atoms with Crippen molar-refractivity contribution in [1.29, 1.82) is 0 Å². The maximum Gasteiger partial charge on any atom is 0.291 e. The molecule has 276 valence electrons. The first kappa shape index (κ1) is 36.4. The number of nitrogens with two attached hydrogens (primary N) is 1. The Hall–Kier alpha value is -6.38. The summed E-state index contributed by atoms with van der Waals surface area (Å²) < 4.78 is 14.7. The molecule has 1 fully saturated rings. The molecule has 1 unspecified atom stereocenters. The summed E-state index contributed by atoms with van der Waals surface area (Å²) in [6, 6.07) is 10.7. The molecule has 6 rings (SSSR count). The van der Waals surface area contributed by atoms with Crippen LogP contribution in [0.15, 0.2) is 65.9 Å². The summed E-state index contributed by atoms with van der Waals surface area (Å²) in [6.45, 7) is 7.58. The number of anilines is 3. The Balaban J connectivity index is 0.995. The van der Waals surface area contributed by atoms with Gasteiger partial charge in [0.05, 0.1) is 31.1 Å². The topological polar surface area (TPSA) is 178 Å². The van der Waals surface area contributed by atoms with Crippen LogP contribution in [0.5, 0.6) is 11.5 Å². The molecule has 0 spiro atoms. The average Bonchev–Trinajstić information content (AvgIpc) is 3.90. The number of aliphatic imine (C=N–C) groups is 1. The summed E-state index contributed by atoms with van der Waals surface area (Å²) in [5, 5.41) is 5.54. The third-order valence-electron chi connectivity index (χ3n) is 9.21. The minimum absolute atomic E-state index is 0.0783. The van der Waals surface area contributed by atoms with E-state index in [1.807, 2.05) is 31.2 Å². The van der Waals surface area contributed by atoms with Crippen LogP contribution in [0.25, 0.3) is 0 Å². The fourth-order valence-electron chi connectivity index (χ4n) is 6.45. The van der Waals surface area contributed by atoms with Crippen molar-refractivity contribution in [3.63, 3.8) is 0 Å². The van der Waals surface area contributed by atoms with Crippen LogP contribution in [0.4, 0.5) is 22.9 Å². The molecule has 2 aliphatic heterocycles. The highest BCUT2D eigenvalue weighted by atomic mass is 16.5. The molecule has 4 heterocycles. The van der Waals surface area contributed by atoms with Crippen LogP contribution in [-0.2, 0) is 36.8 Å². The third-order valence-corrected chi connectivity index (χ3v) is 9.21. The van der Waals surface area contributed by atoms with E-state index in [0.29, 0.717) is 66.7 Å². The second-order valence-corrected chi connectivity index (χ2v) is 13.3. The van der Waals surface area contributed by atoms with E-state index in [1.54, 1.807) is 66.3 Å². The largest absolute Gasteiger partial charge is 0.493 e. The highest BCUT2D eigenvalue weighted by Crippen LogP contribution is 2.35. The zero-order chi connectivity index (χ0) is 37.8. The van der Waals surface area contributed by atoms with Crippen molar-refractivity contribution < 1.29 is 28.7 Å². The summed E-state index contributed by atoms with van der Waals surface area (Å²) in [4.78, 5) is 63.0. The number of carbonyl (C=O) groups excluding carboxylic acids is 4. The molecular formula is C38H43N9O6. The van der Waals surface area contributed by atoms with Crippen LogP contribution in [0.2, 0.25) is 0 Å². The van der Waals surface area contributed by atoms with Gasteiger partial charge < -0.3 is 44.8 Å². The number of benzene rings is 2. The quantitative estimate of drug-likeness (QED) is 0.0600. The summed E-state index contributed by atoms with van der Waals surface area (Å²) in [5.41, 5.74) is 12.0. The number of nitrogen functional groups attached to an aromatic ring is 1. The summed E-state index contributed by atoms with van der Waals surface area (Å²) in [6.07, 6.45) is 6.97. The minimum Gasteiger partial charge on any atom is -0.493 e. The second-order valence-electron chi connectivity index (χ2n) is 13.3. The van der Waals surface area contributed by atoms with E-state index in [1.165, 1.54) is 4.57 Å². The number of rotatable bonds is 13. The van der Waals surface area contributed by atoms with E-state index in [4.69, 9.17) is 15.2 Å². The molecule has 0 aliphatic carbocycles. The van der Waals surface area contributed by atoms with Crippen molar-refractivity contribution >= 4 is 53.2 Å². The number of nitrogens with one attached hydrogen (secondary N) is 2. The molecule has 1 saturated heterocycles. The van der Waals surface area contributed by atoms with E-state index < -0.39 is 5.91 Å². The van der Waals surface area contributed by atoms with Crippen molar-refractivity contribution in [2.24, 2.45) is 19.1 Å². The number of nitrogens with zero attached hydrogens (tertiary/aromatic N) is 6. The molecule has 2 aromatic heterocycles. The van der Waals surface area contributed by atoms with Gasteiger partial charge in [0, 0.05) is 70.5 Å². The highest BCUT2D eigenvalue weighted by molar-refractivity contribution is 6.03. The Labute approximate surface area is 307 Å². The zero-order valence-electron chi connectivity index (χ0n) is 30.2. The van der Waals surface area contributed by atoms with E-state index in [-0.39, 0.29) is 42.5 Å². The number of amides is 4. The Morgan fingerprint density at radius 1 is 1.04 bits per heavy atom. The van der Waals surface area contributed by atoms with Crippen LogP contribution in [0.1, 0.15) is 57.1 Å². The van der Waals surface area contributed by atoms with Crippen LogP contribution < -0.4 is 25.8 Å². The number of aromatic nitrogens is 3. The van der Waals surface area contributed by atoms with Gasteiger partial charge in [-0.25, -0.2) is 4.98 Å². The van der Waals surface area contributed by atoms with Gasteiger partial charge in [0.2, 0.25) is 18.1 Å². The number of hydrogen-bond donors (Lipinski definition) is 3. The number of methoxy groups -OCH3 is 1. The van der Waals surface area contributed by atoms with Gasteiger partial charge in [-0.05, 0) is 60.7 Å². The van der Waals surface area contributed by atoms with Crippen LogP contribution in [0, 0.1) is 6.92 Å². The normalized spacial score (nSPS) is 15.2. The first-order valence-electron chi connectivity index (χ1n) is 17.1. The van der Waals surface area contributed by atoms with Gasteiger partial charge in [0.15, 0.2) is 17.3 Å². The monoisotopic (exact) mass is 721 g/mol. The number of ether oxygens (including phenoxy) is 2. The van der Waals surface area contributed by atoms with E-state index in [0.717, 1.165) is 28.7 Å². The number of fused-ring (bicyclic) bond motifs is 1. The van der Waals surface area contributed by atoms with Gasteiger partial charge >= 0.3 is 0 Å². The lowest BCUT2D eigenvalue weighted by molar-refractivity contribution is -0.118. The van der Waals surface area contributed by atoms with Crippen molar-refractivity contribution in [3.8, 4) is 11.5 Å². The Morgan fingerprint density at radius 3 is 2.60 bits per heavy atom. The SMILES string of the molecule is C=C1CC(C=Nc2cc(OCCCC(=O)Nc3cn(C)c(C(=O)Nc4cc(C(=O)N5Cc6ccc(N)cc6C5)n(C)c4)n3)c(OC)cc2C)N(C=O)C1. The van der Waals surface area contributed by atoms with Crippen LogP contribution in [-0.4, -0.2) is 80.6 Å². The molecular weight excluding hydrogens is 678 g/mol. The number of imidazole rings is 1. The molecule has 0 saturated carbocycles. The molecule has 1 atom stereocenters. The fraction of sp³-hybridized carbons (Fsp3) is 0.316. The Morgan fingerprint density at radius 2 is 1.83 bits per heavy atom. The van der Waals surface area contributed by atoms with Crippen molar-refractivity contribution in [3.05, 3.63) is 89.2 Å². The molecule has 53 heavy (non-hydrogen) atoms. The van der Waals surface area contributed by atoms with Gasteiger partial charge in [-0.2, -0.15) is 0 Å². The molecule has 4 amide bonds. The van der Waals surface area contributed by atoms with Gasteiger partial charge in [0.1, 0.15) is 5.69 Å². The lowest BCUT2D eigenvalue weighted by Gasteiger charge is -2.15. The molecule has 0 bridgehead atoms. The average molecular weight is 722 g/mol. The smallest absolute Gasteiger partial charge is 0.291 e. The Bertz CT molecular complexity index is 2120. The number of aryl methyl sites for hydroxylation is 3. The van der Waals surface area contributed by atoms with Crippen molar-refractivity contribution in [1.82, 2.24) is 23.9 Å². The Kier molecular flexibility index (Phi) is 10.6. The van der Waals surface area contributed by atoms with Crippen molar-refractivity contribution in [2.75, 3.05) is 36.6 Å². The standard InChI is InChI=1S/C38H43N9O6/c1-23-11-29(47(17-23)22-48)16-40-30-15-33(32(52-5)12-24(30)2)53-10-6-7-35(49)42-34-21-45(4)36(43-34)37(50)41-28-14-31(44(3)20-28)38(51)46-18-25-8-9-27(39)13-26(25)19-46/h8-9,12-16,20-22,29H,1,6-7,10-11,17-19,39H2,2-5H3,(H,41,50)(H,42,49). The number of carbonyl (C=O) groups is 4. The maximum absolute atomic E-state index is 13.3. The van der Waals surface area contributed by atoms with E-state index in [9.17, 15) is 19.2 Å². The molecule has 15 nitrogen and oxygen atoms in total. The van der Waals surface area contributed by atoms with Crippen LogP contribution >= 0.6 is 0 Å².